The van der Waals surface area contributed by atoms with E-state index in [9.17, 15) is 4.79 Å². The van der Waals surface area contributed by atoms with E-state index < -0.39 is 0 Å². The van der Waals surface area contributed by atoms with Crippen molar-refractivity contribution in [3.63, 3.8) is 0 Å². The minimum absolute atomic E-state index is 0.0301. The number of rotatable bonds is 4. The molecule has 0 saturated carbocycles. The van der Waals surface area contributed by atoms with E-state index in [0.29, 0.717) is 29.6 Å². The molecule has 2 aromatic heterocycles. The SMILES string of the molecule is O=C(c1sccc1Cl)N1CCOc2ccc(CN3CCN(c4ccccn4)CC3)cc2C1. The topological polar surface area (TPSA) is 48.9 Å². The minimum Gasteiger partial charge on any atom is -0.491 e. The lowest BCUT2D eigenvalue weighted by atomic mass is 10.1. The van der Waals surface area contributed by atoms with Crippen LogP contribution in [0.15, 0.2) is 54.0 Å². The highest BCUT2D eigenvalue weighted by atomic mass is 35.5. The van der Waals surface area contributed by atoms with Gasteiger partial charge in [0.15, 0.2) is 0 Å². The Labute approximate surface area is 197 Å². The number of carbonyl (C=O) groups excluding carboxylic acids is 1. The van der Waals surface area contributed by atoms with E-state index in [0.717, 1.165) is 49.9 Å². The first-order valence-electron chi connectivity index (χ1n) is 10.8. The number of amides is 1. The van der Waals surface area contributed by atoms with E-state index in [1.807, 2.05) is 34.7 Å². The van der Waals surface area contributed by atoms with Crippen LogP contribution in [0.25, 0.3) is 0 Å². The highest BCUT2D eigenvalue weighted by molar-refractivity contribution is 7.12. The second-order valence-corrected chi connectivity index (χ2v) is 9.39. The number of ether oxygens (including phenoxy) is 1. The van der Waals surface area contributed by atoms with Gasteiger partial charge >= 0.3 is 0 Å². The number of hydrogen-bond donors (Lipinski definition) is 0. The maximum atomic E-state index is 13.0. The monoisotopic (exact) mass is 468 g/mol. The van der Waals surface area contributed by atoms with E-state index in [1.165, 1.54) is 16.9 Å². The third-order valence-electron chi connectivity index (χ3n) is 5.96. The van der Waals surface area contributed by atoms with Gasteiger partial charge in [-0.1, -0.05) is 23.7 Å². The summed E-state index contributed by atoms with van der Waals surface area (Å²) in [6.45, 7) is 6.36. The molecule has 0 unspecified atom stereocenters. The molecule has 2 aliphatic rings. The lowest BCUT2D eigenvalue weighted by Crippen LogP contribution is -2.46. The zero-order valence-electron chi connectivity index (χ0n) is 17.7. The molecule has 5 rings (SSSR count). The van der Waals surface area contributed by atoms with Crippen LogP contribution in [0, 0.1) is 0 Å². The van der Waals surface area contributed by atoms with E-state index >= 15 is 0 Å². The van der Waals surface area contributed by atoms with Crippen molar-refractivity contribution >= 4 is 34.7 Å². The van der Waals surface area contributed by atoms with E-state index in [2.05, 4.69) is 33.0 Å². The number of fused-ring (bicyclic) bond motifs is 1. The largest absolute Gasteiger partial charge is 0.491 e. The van der Waals surface area contributed by atoms with Crippen LogP contribution in [0.3, 0.4) is 0 Å². The number of hydrogen-bond acceptors (Lipinski definition) is 6. The molecule has 3 aromatic rings. The Kier molecular flexibility index (Phi) is 6.30. The highest BCUT2D eigenvalue weighted by Crippen LogP contribution is 2.29. The number of piperazine rings is 1. The van der Waals surface area contributed by atoms with Crippen LogP contribution in [-0.4, -0.2) is 60.0 Å². The molecule has 32 heavy (non-hydrogen) atoms. The van der Waals surface area contributed by atoms with Crippen LogP contribution in [0.1, 0.15) is 20.8 Å². The standard InChI is InChI=1S/C24H25ClN4O2S/c25-20-6-14-32-23(20)24(30)29-12-13-31-21-5-4-18(15-19(21)17-29)16-27-8-10-28(11-9-27)22-3-1-2-7-26-22/h1-7,14-15H,8-13,16-17H2. The average Bonchev–Trinajstić information content (AvgIpc) is 3.14. The molecule has 6 nitrogen and oxygen atoms in total. The summed E-state index contributed by atoms with van der Waals surface area (Å²) in [5.74, 6) is 1.88. The fraction of sp³-hybridized carbons (Fsp3) is 0.333. The molecule has 0 N–H and O–H groups in total. The third kappa shape index (κ3) is 4.60. The summed E-state index contributed by atoms with van der Waals surface area (Å²) in [6, 6.07) is 14.2. The van der Waals surface area contributed by atoms with E-state index in [-0.39, 0.29) is 5.91 Å². The van der Waals surface area contributed by atoms with Crippen molar-refractivity contribution < 1.29 is 9.53 Å². The van der Waals surface area contributed by atoms with Gasteiger partial charge in [-0.2, -0.15) is 0 Å². The Morgan fingerprint density at radius 2 is 1.97 bits per heavy atom. The van der Waals surface area contributed by atoms with Gasteiger partial charge in [0.1, 0.15) is 23.1 Å². The minimum atomic E-state index is -0.0301. The second kappa shape index (κ2) is 9.48. The van der Waals surface area contributed by atoms with Crippen molar-refractivity contribution in [3.8, 4) is 5.75 Å². The van der Waals surface area contributed by atoms with E-state index in [1.54, 1.807) is 6.07 Å². The van der Waals surface area contributed by atoms with Crippen molar-refractivity contribution in [3.05, 3.63) is 75.1 Å². The molecule has 1 fully saturated rings. The smallest absolute Gasteiger partial charge is 0.265 e. The van der Waals surface area contributed by atoms with Gasteiger partial charge in [0, 0.05) is 51.0 Å². The third-order valence-corrected chi connectivity index (χ3v) is 7.28. The first-order valence-corrected chi connectivity index (χ1v) is 12.1. The van der Waals surface area contributed by atoms with Crippen LogP contribution in [0.5, 0.6) is 5.75 Å². The fourth-order valence-electron chi connectivity index (χ4n) is 4.24. The number of nitrogens with zero attached hydrogens (tertiary/aromatic N) is 4. The molecule has 0 bridgehead atoms. The molecule has 0 radical (unpaired) electrons. The number of benzene rings is 1. The number of halogens is 1. The molecule has 0 atom stereocenters. The van der Waals surface area contributed by atoms with Crippen molar-refractivity contribution in [2.45, 2.75) is 13.1 Å². The summed E-state index contributed by atoms with van der Waals surface area (Å²) in [6.07, 6.45) is 1.85. The molecule has 0 aliphatic carbocycles. The van der Waals surface area contributed by atoms with Gasteiger partial charge in [0.25, 0.3) is 5.91 Å². The summed E-state index contributed by atoms with van der Waals surface area (Å²) in [5, 5.41) is 2.37. The van der Waals surface area contributed by atoms with Crippen LogP contribution in [0.4, 0.5) is 5.82 Å². The van der Waals surface area contributed by atoms with Crippen molar-refractivity contribution in [2.75, 3.05) is 44.2 Å². The van der Waals surface area contributed by atoms with Gasteiger partial charge in [0.2, 0.25) is 0 Å². The molecule has 4 heterocycles. The zero-order chi connectivity index (χ0) is 21.9. The summed E-state index contributed by atoms with van der Waals surface area (Å²) < 4.78 is 5.93. The molecular formula is C24H25ClN4O2S. The quantitative estimate of drug-likeness (QED) is 0.575. The maximum absolute atomic E-state index is 13.0. The number of aromatic nitrogens is 1. The first-order chi connectivity index (χ1) is 15.7. The molecule has 166 valence electrons. The van der Waals surface area contributed by atoms with Crippen LogP contribution in [-0.2, 0) is 13.1 Å². The van der Waals surface area contributed by atoms with Crippen LogP contribution in [0.2, 0.25) is 5.02 Å². The van der Waals surface area contributed by atoms with Crippen molar-refractivity contribution in [1.29, 1.82) is 0 Å². The Morgan fingerprint density at radius 1 is 1.09 bits per heavy atom. The normalized spacial score (nSPS) is 16.9. The summed E-state index contributed by atoms with van der Waals surface area (Å²) in [7, 11) is 0. The predicted octanol–water partition coefficient (Wildman–Crippen LogP) is 4.15. The van der Waals surface area contributed by atoms with Gasteiger partial charge in [0.05, 0.1) is 11.6 Å². The lowest BCUT2D eigenvalue weighted by molar-refractivity contribution is 0.0738. The molecule has 1 amide bonds. The Hall–Kier alpha value is -2.61. The Morgan fingerprint density at radius 3 is 2.72 bits per heavy atom. The zero-order valence-corrected chi connectivity index (χ0v) is 19.3. The van der Waals surface area contributed by atoms with Gasteiger partial charge in [-0.25, -0.2) is 4.98 Å². The van der Waals surface area contributed by atoms with Gasteiger partial charge < -0.3 is 14.5 Å². The summed E-state index contributed by atoms with van der Waals surface area (Å²) >= 11 is 7.58. The second-order valence-electron chi connectivity index (χ2n) is 8.07. The Bertz CT molecular complexity index is 1080. The Balaban J connectivity index is 1.24. The number of anilines is 1. The molecule has 1 aromatic carbocycles. The lowest BCUT2D eigenvalue weighted by Gasteiger charge is -2.35. The van der Waals surface area contributed by atoms with Crippen LogP contribution < -0.4 is 9.64 Å². The van der Waals surface area contributed by atoms with Gasteiger partial charge in [-0.05, 0) is 41.3 Å². The van der Waals surface area contributed by atoms with E-state index in [4.69, 9.17) is 16.3 Å². The summed E-state index contributed by atoms with van der Waals surface area (Å²) in [5.41, 5.74) is 2.29. The molecule has 2 aliphatic heterocycles. The first kappa shape index (κ1) is 21.2. The fourth-order valence-corrected chi connectivity index (χ4v) is 5.35. The number of thiophene rings is 1. The molecular weight excluding hydrogens is 444 g/mol. The highest BCUT2D eigenvalue weighted by Gasteiger charge is 2.24. The van der Waals surface area contributed by atoms with Gasteiger partial charge in [-0.15, -0.1) is 11.3 Å². The number of pyridine rings is 1. The predicted molar refractivity (Wildman–Crippen MR) is 128 cm³/mol. The molecule has 0 spiro atoms. The molecule has 1 saturated heterocycles. The van der Waals surface area contributed by atoms with Gasteiger partial charge in [-0.3, -0.25) is 9.69 Å². The van der Waals surface area contributed by atoms with Crippen molar-refractivity contribution in [1.82, 2.24) is 14.8 Å². The maximum Gasteiger partial charge on any atom is 0.265 e. The summed E-state index contributed by atoms with van der Waals surface area (Å²) in [4.78, 5) is 24.7. The molecule has 8 heteroatoms. The van der Waals surface area contributed by atoms with Crippen molar-refractivity contribution in [2.24, 2.45) is 0 Å². The number of carbonyl (C=O) groups is 1. The van der Waals surface area contributed by atoms with Crippen LogP contribution >= 0.6 is 22.9 Å². The average molecular weight is 469 g/mol.